The summed E-state index contributed by atoms with van der Waals surface area (Å²) in [6, 6.07) is 7.94. The third kappa shape index (κ3) is 4.32. The van der Waals surface area contributed by atoms with E-state index in [-0.39, 0.29) is 11.9 Å². The molecule has 3 heterocycles. The first-order valence-corrected chi connectivity index (χ1v) is 10.5. The molecule has 1 saturated carbocycles. The van der Waals surface area contributed by atoms with Gasteiger partial charge in [0.1, 0.15) is 5.65 Å². The summed E-state index contributed by atoms with van der Waals surface area (Å²) in [5.41, 5.74) is 4.09. The van der Waals surface area contributed by atoms with Crippen LogP contribution in [0.3, 0.4) is 0 Å². The van der Waals surface area contributed by atoms with Gasteiger partial charge in [0.25, 0.3) is 5.91 Å². The number of nitrogens with zero attached hydrogens (tertiary/aromatic N) is 3. The smallest absolute Gasteiger partial charge is 0.255 e. The molecule has 0 spiro atoms. The zero-order valence-corrected chi connectivity index (χ0v) is 17.1. The quantitative estimate of drug-likeness (QED) is 0.683. The van der Waals surface area contributed by atoms with Crippen molar-refractivity contribution in [2.45, 2.75) is 58.1 Å². The van der Waals surface area contributed by atoms with Gasteiger partial charge in [0.15, 0.2) is 0 Å². The molecule has 6 nitrogen and oxygen atoms in total. The molecule has 29 heavy (non-hydrogen) atoms. The van der Waals surface area contributed by atoms with Crippen LogP contribution >= 0.6 is 0 Å². The number of aromatic nitrogens is 3. The van der Waals surface area contributed by atoms with Crippen LogP contribution in [-0.2, 0) is 4.74 Å². The maximum atomic E-state index is 13.0. The topological polar surface area (TPSA) is 68.5 Å². The number of aryl methyl sites for hydroxylation is 1. The van der Waals surface area contributed by atoms with Crippen LogP contribution in [-0.4, -0.2) is 39.0 Å². The van der Waals surface area contributed by atoms with Crippen LogP contribution in [0.5, 0.6) is 0 Å². The summed E-state index contributed by atoms with van der Waals surface area (Å²) in [6.07, 6.45) is 10.8. The molecule has 0 aromatic carbocycles. The fourth-order valence-corrected chi connectivity index (χ4v) is 4.00. The van der Waals surface area contributed by atoms with Crippen molar-refractivity contribution in [1.82, 2.24) is 19.7 Å². The zero-order valence-electron chi connectivity index (χ0n) is 17.1. The van der Waals surface area contributed by atoms with E-state index in [2.05, 4.69) is 17.2 Å². The summed E-state index contributed by atoms with van der Waals surface area (Å²) >= 11 is 0. The van der Waals surface area contributed by atoms with Crippen molar-refractivity contribution < 1.29 is 9.53 Å². The third-order valence-electron chi connectivity index (χ3n) is 5.58. The number of nitrogens with one attached hydrogen (secondary N) is 1. The van der Waals surface area contributed by atoms with Gasteiger partial charge < -0.3 is 14.5 Å². The monoisotopic (exact) mass is 392 g/mol. The van der Waals surface area contributed by atoms with Crippen LogP contribution in [0.4, 0.5) is 0 Å². The number of rotatable bonds is 6. The van der Waals surface area contributed by atoms with Crippen LogP contribution in [0.1, 0.15) is 55.1 Å². The molecule has 0 bridgehead atoms. The van der Waals surface area contributed by atoms with Crippen molar-refractivity contribution in [2.24, 2.45) is 0 Å². The Morgan fingerprint density at radius 2 is 2.10 bits per heavy atom. The molecule has 0 unspecified atom stereocenters. The number of carbonyl (C=O) groups is 1. The van der Waals surface area contributed by atoms with Crippen molar-refractivity contribution in [1.29, 1.82) is 0 Å². The first-order valence-electron chi connectivity index (χ1n) is 10.5. The van der Waals surface area contributed by atoms with E-state index in [4.69, 9.17) is 9.72 Å². The summed E-state index contributed by atoms with van der Waals surface area (Å²) < 4.78 is 7.82. The van der Waals surface area contributed by atoms with E-state index in [0.717, 1.165) is 55.7 Å². The number of hydrogen-bond acceptors (Lipinski definition) is 4. The first-order chi connectivity index (χ1) is 14.2. The van der Waals surface area contributed by atoms with Crippen LogP contribution in [0.15, 0.2) is 42.9 Å². The van der Waals surface area contributed by atoms with E-state index >= 15 is 0 Å². The van der Waals surface area contributed by atoms with Gasteiger partial charge in [-0.25, -0.2) is 4.98 Å². The fraction of sp³-hybridized carbons (Fsp3) is 0.435. The molecule has 4 rings (SSSR count). The maximum absolute atomic E-state index is 13.0. The molecule has 6 heteroatoms. The predicted molar refractivity (Wildman–Crippen MR) is 113 cm³/mol. The highest BCUT2D eigenvalue weighted by Crippen LogP contribution is 2.24. The number of fused-ring (bicyclic) bond motifs is 1. The van der Waals surface area contributed by atoms with Gasteiger partial charge in [-0.1, -0.05) is 6.92 Å². The van der Waals surface area contributed by atoms with Gasteiger partial charge in [-0.05, 0) is 63.3 Å². The highest BCUT2D eigenvalue weighted by Gasteiger charge is 2.24. The van der Waals surface area contributed by atoms with Crippen molar-refractivity contribution in [3.8, 4) is 11.3 Å². The van der Waals surface area contributed by atoms with Crippen LogP contribution in [0, 0.1) is 6.92 Å². The van der Waals surface area contributed by atoms with Crippen LogP contribution < -0.4 is 5.32 Å². The molecule has 1 aliphatic rings. The van der Waals surface area contributed by atoms with E-state index in [9.17, 15) is 4.79 Å². The number of hydrogen-bond donors (Lipinski definition) is 1. The van der Waals surface area contributed by atoms with Gasteiger partial charge in [0.2, 0.25) is 0 Å². The highest BCUT2D eigenvalue weighted by molar-refractivity contribution is 6.00. The lowest BCUT2D eigenvalue weighted by Gasteiger charge is -2.29. The number of amides is 1. The SMILES string of the molecule is CCCO[C@H]1CC[C@H](NC(=O)c2ccn3c(C)cc(-c4cccnc4)nc23)CC1. The molecule has 0 atom stereocenters. The third-order valence-corrected chi connectivity index (χ3v) is 5.58. The van der Waals surface area contributed by atoms with Crippen LogP contribution in [0.25, 0.3) is 16.9 Å². The average Bonchev–Trinajstić information content (AvgIpc) is 3.19. The minimum Gasteiger partial charge on any atom is -0.378 e. The molecule has 1 N–H and O–H groups in total. The summed E-state index contributed by atoms with van der Waals surface area (Å²) in [6.45, 7) is 4.97. The Balaban J connectivity index is 1.50. The maximum Gasteiger partial charge on any atom is 0.255 e. The van der Waals surface area contributed by atoms with E-state index in [1.165, 1.54) is 0 Å². The Bertz CT molecular complexity index is 975. The van der Waals surface area contributed by atoms with Crippen molar-refractivity contribution >= 4 is 11.6 Å². The van der Waals surface area contributed by atoms with Crippen molar-refractivity contribution in [3.63, 3.8) is 0 Å². The van der Waals surface area contributed by atoms with Gasteiger partial charge in [-0.2, -0.15) is 0 Å². The second-order valence-corrected chi connectivity index (χ2v) is 7.77. The van der Waals surface area contributed by atoms with Gasteiger partial charge in [-0.3, -0.25) is 9.78 Å². The van der Waals surface area contributed by atoms with Gasteiger partial charge in [-0.15, -0.1) is 0 Å². The van der Waals surface area contributed by atoms with E-state index in [0.29, 0.717) is 17.3 Å². The van der Waals surface area contributed by atoms with Crippen molar-refractivity contribution in [3.05, 3.63) is 54.1 Å². The number of pyridine rings is 1. The summed E-state index contributed by atoms with van der Waals surface area (Å²) in [7, 11) is 0. The minimum atomic E-state index is -0.0549. The number of ether oxygens (including phenoxy) is 1. The highest BCUT2D eigenvalue weighted by atomic mass is 16.5. The molecule has 3 aromatic rings. The Morgan fingerprint density at radius 1 is 1.28 bits per heavy atom. The molecular formula is C23H28N4O2. The molecule has 0 radical (unpaired) electrons. The number of carbonyl (C=O) groups excluding carboxylic acids is 1. The minimum absolute atomic E-state index is 0.0549. The lowest BCUT2D eigenvalue weighted by Crippen LogP contribution is -2.39. The summed E-state index contributed by atoms with van der Waals surface area (Å²) in [4.78, 5) is 21.9. The van der Waals surface area contributed by atoms with E-state index < -0.39 is 0 Å². The summed E-state index contributed by atoms with van der Waals surface area (Å²) in [5.74, 6) is -0.0549. The first kappa shape index (κ1) is 19.6. The Morgan fingerprint density at radius 3 is 2.83 bits per heavy atom. The molecule has 1 aliphatic carbocycles. The molecule has 0 aliphatic heterocycles. The standard InChI is InChI=1S/C23H28N4O2/c1-3-13-29-19-8-6-18(7-9-19)25-23(28)20-10-12-27-16(2)14-21(26-22(20)27)17-5-4-11-24-15-17/h4-5,10-12,14-15,18-19H,3,6-9,13H2,1-2H3,(H,25,28)/t18-,19-. The molecule has 0 saturated heterocycles. The Kier molecular flexibility index (Phi) is 5.90. The molecule has 1 fully saturated rings. The molecular weight excluding hydrogens is 364 g/mol. The van der Waals surface area contributed by atoms with Crippen LogP contribution in [0.2, 0.25) is 0 Å². The Labute approximate surface area is 171 Å². The van der Waals surface area contributed by atoms with Gasteiger partial charge >= 0.3 is 0 Å². The molecule has 3 aromatic heterocycles. The average molecular weight is 393 g/mol. The van der Waals surface area contributed by atoms with Gasteiger partial charge in [0, 0.05) is 42.5 Å². The van der Waals surface area contributed by atoms with Gasteiger partial charge in [0.05, 0.1) is 17.4 Å². The molecule has 1 amide bonds. The second-order valence-electron chi connectivity index (χ2n) is 7.77. The fourth-order valence-electron chi connectivity index (χ4n) is 4.00. The van der Waals surface area contributed by atoms with E-state index in [1.54, 1.807) is 12.4 Å². The largest absolute Gasteiger partial charge is 0.378 e. The lowest BCUT2D eigenvalue weighted by molar-refractivity contribution is 0.0227. The predicted octanol–water partition coefficient (Wildman–Crippen LogP) is 4.17. The van der Waals surface area contributed by atoms with E-state index in [1.807, 2.05) is 41.8 Å². The summed E-state index contributed by atoms with van der Waals surface area (Å²) in [5, 5.41) is 3.21. The van der Waals surface area contributed by atoms with Crippen molar-refractivity contribution in [2.75, 3.05) is 6.61 Å². The Hall–Kier alpha value is -2.73. The zero-order chi connectivity index (χ0) is 20.2. The normalized spacial score (nSPS) is 19.4. The molecule has 152 valence electrons. The second kappa shape index (κ2) is 8.74. The lowest BCUT2D eigenvalue weighted by atomic mass is 9.92.